The van der Waals surface area contributed by atoms with Crippen molar-refractivity contribution in [2.24, 2.45) is 16.5 Å². The van der Waals surface area contributed by atoms with Gasteiger partial charge in [0.25, 0.3) is 0 Å². The van der Waals surface area contributed by atoms with Gasteiger partial charge in [-0.25, -0.2) is 22.8 Å². The molecular weight excluding hydrogens is 684 g/mol. The summed E-state index contributed by atoms with van der Waals surface area (Å²) in [5, 5.41) is 8.40. The number of para-hydroxylation sites is 2. The molecule has 0 aliphatic heterocycles. The Morgan fingerprint density at radius 2 is 1.29 bits per heavy atom. The number of nitrogens with two attached hydrogens (primary N) is 2. The van der Waals surface area contributed by atoms with Crippen molar-refractivity contribution in [1.29, 1.82) is 0 Å². The van der Waals surface area contributed by atoms with Gasteiger partial charge in [0.2, 0.25) is 10.0 Å². The van der Waals surface area contributed by atoms with E-state index in [-0.39, 0.29) is 28.8 Å². The predicted molar refractivity (Wildman–Crippen MR) is 179 cm³/mol. The average molecular weight is 715 g/mol. The number of fused-ring (bicyclic) bond motifs is 1. The number of halogens is 3. The molecule has 0 fully saturated rings. The maximum absolute atomic E-state index is 14.8. The Morgan fingerprint density at radius 1 is 0.796 bits per heavy atom. The molecule has 256 valence electrons. The van der Waals surface area contributed by atoms with Gasteiger partial charge in [0, 0.05) is 11.8 Å². The van der Waals surface area contributed by atoms with Gasteiger partial charge in [0.1, 0.15) is 11.5 Å². The maximum atomic E-state index is 14.8. The minimum Gasteiger partial charge on any atom is -0.475 e. The van der Waals surface area contributed by atoms with E-state index >= 15 is 0 Å². The average Bonchev–Trinajstić information content (AvgIpc) is 3.05. The Bertz CT molecular complexity index is 2010. The van der Waals surface area contributed by atoms with Crippen molar-refractivity contribution in [1.82, 2.24) is 4.72 Å². The predicted octanol–water partition coefficient (Wildman–Crippen LogP) is 6.58. The SMILES string of the molecule is NC(N)=Nc1ccc(CC(NS(=O)(=O)c2cccc3ccccc23)P(=O)(Oc2ccccc2)Oc2ccccc2)cc1.O=C(O)C(F)(F)F. The Hall–Kier alpha value is -5.37. The molecule has 0 bridgehead atoms. The van der Waals surface area contributed by atoms with Crippen molar-refractivity contribution in [2.75, 3.05) is 0 Å². The Labute approximate surface area is 279 Å². The number of carboxylic acid groups (broad SMARTS) is 1. The second kappa shape index (κ2) is 15.7. The van der Waals surface area contributed by atoms with Gasteiger partial charge in [-0.1, -0.05) is 84.9 Å². The summed E-state index contributed by atoms with van der Waals surface area (Å²) in [5.41, 5.74) is 12.1. The van der Waals surface area contributed by atoms with Gasteiger partial charge < -0.3 is 25.6 Å². The number of nitrogens with zero attached hydrogens (tertiary/aromatic N) is 1. The van der Waals surface area contributed by atoms with Crippen molar-refractivity contribution in [3.05, 3.63) is 133 Å². The molecule has 0 aromatic heterocycles. The van der Waals surface area contributed by atoms with Crippen LogP contribution in [0.4, 0.5) is 18.9 Å². The smallest absolute Gasteiger partial charge is 0.475 e. The van der Waals surface area contributed by atoms with Crippen LogP contribution in [0.15, 0.2) is 137 Å². The molecule has 11 nitrogen and oxygen atoms in total. The second-order valence-corrected chi connectivity index (χ2v) is 13.9. The number of alkyl halides is 3. The summed E-state index contributed by atoms with van der Waals surface area (Å²) >= 11 is 0. The van der Waals surface area contributed by atoms with E-state index in [1.54, 1.807) is 103 Å². The Balaban J connectivity index is 0.000000698. The molecular formula is C33H30F3N4O7PS. The summed E-state index contributed by atoms with van der Waals surface area (Å²) in [6, 6.07) is 35.9. The van der Waals surface area contributed by atoms with E-state index < -0.39 is 35.5 Å². The van der Waals surface area contributed by atoms with Gasteiger partial charge >= 0.3 is 19.7 Å². The number of carbonyl (C=O) groups is 1. The standard InChI is InChI=1S/C31H29N4O5PS.C2HF3O2/c32-31(33)34-25-20-18-23(19-21-25)22-30(35-42(37,38)29-17-9-11-24-10-7-8-16-28(24)29)41(36,39-26-12-3-1-4-13-26)40-27-14-5-2-6-15-27;3-2(4,5)1(6)7/h1-21,30,35H,22H2,(H4,32,33,34);(H,6,7). The lowest BCUT2D eigenvalue weighted by atomic mass is 10.1. The molecule has 1 unspecified atom stereocenters. The van der Waals surface area contributed by atoms with Crippen LogP contribution < -0.4 is 25.2 Å². The van der Waals surface area contributed by atoms with E-state index in [4.69, 9.17) is 30.4 Å². The summed E-state index contributed by atoms with van der Waals surface area (Å²) in [6.45, 7) is 0. The first-order valence-electron chi connectivity index (χ1n) is 14.2. The third-order valence-electron chi connectivity index (χ3n) is 6.53. The normalized spacial score (nSPS) is 12.2. The monoisotopic (exact) mass is 714 g/mol. The van der Waals surface area contributed by atoms with Crippen molar-refractivity contribution in [3.63, 3.8) is 0 Å². The molecule has 6 N–H and O–H groups in total. The Kier molecular flexibility index (Phi) is 11.7. The zero-order chi connectivity index (χ0) is 35.7. The van der Waals surface area contributed by atoms with Crippen LogP contribution in [0.5, 0.6) is 11.5 Å². The molecule has 0 amide bonds. The quantitative estimate of drug-likeness (QED) is 0.0667. The highest BCUT2D eigenvalue weighted by Crippen LogP contribution is 2.53. The second-order valence-electron chi connectivity index (χ2n) is 10.2. The van der Waals surface area contributed by atoms with Gasteiger partial charge in [-0.05, 0) is 53.4 Å². The highest BCUT2D eigenvalue weighted by molar-refractivity contribution is 7.90. The summed E-state index contributed by atoms with van der Waals surface area (Å²) in [4.78, 5) is 13.0. The zero-order valence-corrected chi connectivity index (χ0v) is 27.1. The number of sulfonamides is 1. The number of aliphatic carboxylic acids is 1. The molecule has 5 aromatic carbocycles. The number of aliphatic imine (C=N–C) groups is 1. The van der Waals surface area contributed by atoms with E-state index in [2.05, 4.69) is 9.71 Å². The van der Waals surface area contributed by atoms with Gasteiger partial charge in [0.15, 0.2) is 11.7 Å². The van der Waals surface area contributed by atoms with Crippen LogP contribution in [-0.4, -0.2) is 37.4 Å². The van der Waals surface area contributed by atoms with Crippen molar-refractivity contribution < 1.29 is 45.1 Å². The molecule has 5 aromatic rings. The molecule has 0 saturated heterocycles. The van der Waals surface area contributed by atoms with Crippen LogP contribution in [0, 0.1) is 0 Å². The van der Waals surface area contributed by atoms with Gasteiger partial charge in [-0.3, -0.25) is 0 Å². The first-order chi connectivity index (χ1) is 23.2. The summed E-state index contributed by atoms with van der Waals surface area (Å²) in [6.07, 6.45) is -5.12. The third kappa shape index (κ3) is 10.3. The number of rotatable bonds is 11. The van der Waals surface area contributed by atoms with Crippen LogP contribution in [0.3, 0.4) is 0 Å². The molecule has 0 spiro atoms. The summed E-state index contributed by atoms with van der Waals surface area (Å²) in [7, 11) is -8.54. The van der Waals surface area contributed by atoms with Crippen LogP contribution in [0.2, 0.25) is 0 Å². The number of carboxylic acids is 1. The van der Waals surface area contributed by atoms with Crippen molar-refractivity contribution in [3.8, 4) is 11.5 Å². The topological polar surface area (TPSA) is 183 Å². The molecule has 0 heterocycles. The number of guanidine groups is 1. The first-order valence-corrected chi connectivity index (χ1v) is 17.3. The lowest BCUT2D eigenvalue weighted by Crippen LogP contribution is -2.38. The number of benzene rings is 5. The zero-order valence-electron chi connectivity index (χ0n) is 25.4. The van der Waals surface area contributed by atoms with Crippen molar-refractivity contribution >= 4 is 46.0 Å². The fraction of sp³-hybridized carbons (Fsp3) is 0.0909. The minimum absolute atomic E-state index is 0.0386. The Morgan fingerprint density at radius 3 is 1.80 bits per heavy atom. The third-order valence-corrected chi connectivity index (χ3v) is 10.2. The molecule has 0 aliphatic rings. The number of nitrogens with one attached hydrogen (secondary N) is 1. The molecule has 0 radical (unpaired) electrons. The molecule has 0 aliphatic carbocycles. The van der Waals surface area contributed by atoms with Crippen LogP contribution >= 0.6 is 7.60 Å². The highest BCUT2D eigenvalue weighted by atomic mass is 32.2. The van der Waals surface area contributed by atoms with E-state index in [0.717, 1.165) is 5.39 Å². The fourth-order valence-electron chi connectivity index (χ4n) is 4.37. The van der Waals surface area contributed by atoms with Crippen LogP contribution in [0.1, 0.15) is 5.56 Å². The van der Waals surface area contributed by atoms with Gasteiger partial charge in [0.05, 0.1) is 10.6 Å². The molecule has 1 atom stereocenters. The van der Waals surface area contributed by atoms with Gasteiger partial charge in [-0.15, -0.1) is 0 Å². The van der Waals surface area contributed by atoms with Gasteiger partial charge in [-0.2, -0.15) is 17.9 Å². The number of hydrogen-bond acceptors (Lipinski definition) is 7. The molecule has 5 rings (SSSR count). The van der Waals surface area contributed by atoms with E-state index in [1.807, 2.05) is 18.2 Å². The number of hydrogen-bond donors (Lipinski definition) is 4. The van der Waals surface area contributed by atoms with Crippen LogP contribution in [-0.2, 0) is 25.8 Å². The van der Waals surface area contributed by atoms with Crippen molar-refractivity contribution in [2.45, 2.75) is 23.3 Å². The maximum Gasteiger partial charge on any atom is 0.490 e. The highest BCUT2D eigenvalue weighted by Gasteiger charge is 2.43. The lowest BCUT2D eigenvalue weighted by molar-refractivity contribution is -0.192. The summed E-state index contributed by atoms with van der Waals surface area (Å²) < 4.78 is 89.3. The van der Waals surface area contributed by atoms with E-state index in [1.165, 1.54) is 6.07 Å². The van der Waals surface area contributed by atoms with E-state index in [0.29, 0.717) is 16.6 Å². The summed E-state index contributed by atoms with van der Waals surface area (Å²) in [5.74, 6) is -3.67. The molecule has 16 heteroatoms. The molecule has 49 heavy (non-hydrogen) atoms. The largest absolute Gasteiger partial charge is 0.490 e. The fourth-order valence-corrected chi connectivity index (χ4v) is 8.16. The van der Waals surface area contributed by atoms with Crippen LogP contribution in [0.25, 0.3) is 10.8 Å². The lowest BCUT2D eigenvalue weighted by Gasteiger charge is -2.28. The first kappa shape index (κ1) is 36.5. The minimum atomic E-state index is -5.08. The molecule has 0 saturated carbocycles. The van der Waals surface area contributed by atoms with E-state index in [9.17, 15) is 26.2 Å².